The van der Waals surface area contributed by atoms with Crippen molar-refractivity contribution < 1.29 is 9.59 Å². The van der Waals surface area contributed by atoms with Crippen LogP contribution >= 0.6 is 0 Å². The highest BCUT2D eigenvalue weighted by molar-refractivity contribution is 5.94. The number of hydrogen-bond acceptors (Lipinski definition) is 4. The molecule has 17 heavy (non-hydrogen) atoms. The Bertz CT molecular complexity index is 402. The van der Waals surface area contributed by atoms with E-state index in [2.05, 4.69) is 4.98 Å². The fourth-order valence-corrected chi connectivity index (χ4v) is 1.35. The Labute approximate surface area is 99.6 Å². The maximum absolute atomic E-state index is 11.9. The molecule has 1 heterocycles. The Balaban J connectivity index is 2.82. The average molecular weight is 236 g/mol. The van der Waals surface area contributed by atoms with Gasteiger partial charge in [-0.3, -0.25) is 14.6 Å². The van der Waals surface area contributed by atoms with Gasteiger partial charge >= 0.3 is 0 Å². The number of carbonyl (C=O) groups excluding carboxylic acids is 2. The number of aromatic nitrogens is 1. The molecule has 0 saturated heterocycles. The smallest absolute Gasteiger partial charge is 0.272 e. The molecule has 0 unspecified atom stereocenters. The molecule has 92 valence electrons. The van der Waals surface area contributed by atoms with Gasteiger partial charge in [0.1, 0.15) is 5.69 Å². The molecule has 4 N–H and O–H groups in total. The third-order valence-electron chi connectivity index (χ3n) is 2.30. The first-order valence-corrected chi connectivity index (χ1v) is 5.31. The maximum atomic E-state index is 11.9. The van der Waals surface area contributed by atoms with Crippen molar-refractivity contribution in [3.05, 3.63) is 29.6 Å². The fourth-order valence-electron chi connectivity index (χ4n) is 1.35. The molecular formula is C11H16N4O2. The summed E-state index contributed by atoms with van der Waals surface area (Å²) in [5.41, 5.74) is 11.6. The second-order valence-electron chi connectivity index (χ2n) is 3.54. The van der Waals surface area contributed by atoms with Crippen molar-refractivity contribution in [1.82, 2.24) is 9.88 Å². The molecule has 0 radical (unpaired) electrons. The van der Waals surface area contributed by atoms with Crippen LogP contribution in [0.3, 0.4) is 0 Å². The van der Waals surface area contributed by atoms with Crippen LogP contribution in [0.5, 0.6) is 0 Å². The predicted molar refractivity (Wildman–Crippen MR) is 62.9 cm³/mol. The molecule has 0 aliphatic carbocycles. The summed E-state index contributed by atoms with van der Waals surface area (Å²) in [6.07, 6.45) is 1.55. The van der Waals surface area contributed by atoms with E-state index in [0.717, 1.165) is 5.56 Å². The minimum Gasteiger partial charge on any atom is -0.368 e. The third-order valence-corrected chi connectivity index (χ3v) is 2.30. The lowest BCUT2D eigenvalue weighted by Crippen LogP contribution is -2.38. The van der Waals surface area contributed by atoms with Crippen molar-refractivity contribution in [3.8, 4) is 0 Å². The van der Waals surface area contributed by atoms with Gasteiger partial charge in [-0.05, 0) is 18.6 Å². The average Bonchev–Trinajstić information content (AvgIpc) is 2.35. The molecule has 1 aromatic rings. The summed E-state index contributed by atoms with van der Waals surface area (Å²) in [6, 6.07) is 3.33. The van der Waals surface area contributed by atoms with Gasteiger partial charge in [0.15, 0.2) is 0 Å². The van der Waals surface area contributed by atoms with E-state index in [1.165, 1.54) is 4.90 Å². The Morgan fingerprint density at radius 1 is 1.41 bits per heavy atom. The Kier molecular flexibility index (Phi) is 4.59. The zero-order valence-corrected chi connectivity index (χ0v) is 9.72. The zero-order chi connectivity index (χ0) is 12.8. The zero-order valence-electron chi connectivity index (χ0n) is 9.72. The highest BCUT2D eigenvalue weighted by Gasteiger charge is 2.16. The molecule has 0 atom stereocenters. The summed E-state index contributed by atoms with van der Waals surface area (Å²) in [5, 5.41) is 0. The van der Waals surface area contributed by atoms with Gasteiger partial charge < -0.3 is 16.4 Å². The van der Waals surface area contributed by atoms with Crippen molar-refractivity contribution in [1.29, 1.82) is 0 Å². The van der Waals surface area contributed by atoms with Crippen LogP contribution in [-0.4, -0.2) is 34.8 Å². The van der Waals surface area contributed by atoms with Crippen LogP contribution in [0.15, 0.2) is 18.3 Å². The molecule has 6 nitrogen and oxygen atoms in total. The molecule has 0 spiro atoms. The molecule has 0 saturated carbocycles. The van der Waals surface area contributed by atoms with Crippen molar-refractivity contribution in [3.63, 3.8) is 0 Å². The highest BCUT2D eigenvalue weighted by Crippen LogP contribution is 2.03. The lowest BCUT2D eigenvalue weighted by Gasteiger charge is -2.18. The Morgan fingerprint density at radius 2 is 2.12 bits per heavy atom. The van der Waals surface area contributed by atoms with Gasteiger partial charge in [0, 0.05) is 19.3 Å². The van der Waals surface area contributed by atoms with Gasteiger partial charge in [-0.15, -0.1) is 0 Å². The number of primary amides is 1. The van der Waals surface area contributed by atoms with Crippen molar-refractivity contribution >= 4 is 11.8 Å². The van der Waals surface area contributed by atoms with E-state index in [9.17, 15) is 9.59 Å². The molecule has 0 bridgehead atoms. The molecule has 2 amide bonds. The molecule has 0 aliphatic rings. The number of carbonyl (C=O) groups is 2. The highest BCUT2D eigenvalue weighted by atomic mass is 16.2. The number of likely N-dealkylation sites (N-methyl/N-ethyl adjacent to an activating group) is 1. The second-order valence-corrected chi connectivity index (χ2v) is 3.54. The summed E-state index contributed by atoms with van der Waals surface area (Å²) < 4.78 is 0. The molecule has 0 aliphatic heterocycles. The van der Waals surface area contributed by atoms with Gasteiger partial charge in [-0.2, -0.15) is 0 Å². The largest absolute Gasteiger partial charge is 0.368 e. The SMILES string of the molecule is CCN(CC(N)=O)C(=O)c1ccc(CN)cn1. The van der Waals surface area contributed by atoms with E-state index in [0.29, 0.717) is 13.1 Å². The van der Waals surface area contributed by atoms with Crippen LogP contribution in [-0.2, 0) is 11.3 Å². The number of rotatable bonds is 5. The minimum atomic E-state index is -0.543. The van der Waals surface area contributed by atoms with E-state index >= 15 is 0 Å². The standard InChI is InChI=1S/C11H16N4O2/c1-2-15(7-10(13)16)11(17)9-4-3-8(5-12)6-14-9/h3-4,6H,2,5,7,12H2,1H3,(H2,13,16). The minimum absolute atomic E-state index is 0.102. The predicted octanol–water partition coefficient (Wildman–Crippen LogP) is -0.512. The number of nitrogens with zero attached hydrogens (tertiary/aromatic N) is 2. The first-order valence-electron chi connectivity index (χ1n) is 5.31. The van der Waals surface area contributed by atoms with E-state index in [4.69, 9.17) is 11.5 Å². The summed E-state index contributed by atoms with van der Waals surface area (Å²) >= 11 is 0. The van der Waals surface area contributed by atoms with Crippen molar-refractivity contribution in [2.75, 3.05) is 13.1 Å². The number of pyridine rings is 1. The first kappa shape index (κ1) is 13.1. The number of hydrogen-bond donors (Lipinski definition) is 2. The van der Waals surface area contributed by atoms with Gasteiger partial charge in [0.25, 0.3) is 5.91 Å². The quantitative estimate of drug-likeness (QED) is 0.718. The van der Waals surface area contributed by atoms with Crippen LogP contribution in [0.4, 0.5) is 0 Å². The molecule has 1 aromatic heterocycles. The van der Waals surface area contributed by atoms with Gasteiger partial charge in [-0.1, -0.05) is 6.07 Å². The summed E-state index contributed by atoms with van der Waals surface area (Å²) in [7, 11) is 0. The molecule has 0 aromatic carbocycles. The van der Waals surface area contributed by atoms with E-state index in [-0.39, 0.29) is 18.1 Å². The Hall–Kier alpha value is -1.95. The van der Waals surface area contributed by atoms with Gasteiger partial charge in [0.05, 0.1) is 6.54 Å². The van der Waals surface area contributed by atoms with Gasteiger partial charge in [0.2, 0.25) is 5.91 Å². The Morgan fingerprint density at radius 3 is 2.53 bits per heavy atom. The number of nitrogens with two attached hydrogens (primary N) is 2. The molecular weight excluding hydrogens is 220 g/mol. The lowest BCUT2D eigenvalue weighted by molar-refractivity contribution is -0.118. The summed E-state index contributed by atoms with van der Waals surface area (Å²) in [5.74, 6) is -0.853. The van der Waals surface area contributed by atoms with E-state index < -0.39 is 5.91 Å². The topological polar surface area (TPSA) is 102 Å². The first-order chi connectivity index (χ1) is 8.08. The lowest BCUT2D eigenvalue weighted by atomic mass is 10.2. The fraction of sp³-hybridized carbons (Fsp3) is 0.364. The van der Waals surface area contributed by atoms with Crippen LogP contribution in [0.2, 0.25) is 0 Å². The molecule has 1 rings (SSSR count). The monoisotopic (exact) mass is 236 g/mol. The van der Waals surface area contributed by atoms with Crippen LogP contribution < -0.4 is 11.5 Å². The van der Waals surface area contributed by atoms with Crippen LogP contribution in [0.25, 0.3) is 0 Å². The molecule has 6 heteroatoms. The number of amides is 2. The molecule has 0 fully saturated rings. The normalized spacial score (nSPS) is 10.0. The van der Waals surface area contributed by atoms with E-state index in [1.807, 2.05) is 0 Å². The maximum Gasteiger partial charge on any atom is 0.272 e. The van der Waals surface area contributed by atoms with Crippen LogP contribution in [0.1, 0.15) is 23.0 Å². The van der Waals surface area contributed by atoms with Crippen LogP contribution in [0, 0.1) is 0 Å². The summed E-state index contributed by atoms with van der Waals surface area (Å²) in [4.78, 5) is 28.1. The second kappa shape index (κ2) is 5.95. The van der Waals surface area contributed by atoms with E-state index in [1.54, 1.807) is 25.3 Å². The van der Waals surface area contributed by atoms with Gasteiger partial charge in [-0.25, -0.2) is 0 Å². The summed E-state index contributed by atoms with van der Waals surface area (Å²) in [6.45, 7) is 2.45. The van der Waals surface area contributed by atoms with Crippen molar-refractivity contribution in [2.45, 2.75) is 13.5 Å². The van der Waals surface area contributed by atoms with Crippen molar-refractivity contribution in [2.24, 2.45) is 11.5 Å². The third kappa shape index (κ3) is 3.53.